The summed E-state index contributed by atoms with van der Waals surface area (Å²) in [7, 11) is -3.58. The molecule has 0 aliphatic heterocycles. The van der Waals surface area contributed by atoms with Gasteiger partial charge in [0.1, 0.15) is 11.5 Å². The Morgan fingerprint density at radius 3 is 2.59 bits per heavy atom. The summed E-state index contributed by atoms with van der Waals surface area (Å²) in [5.74, 6) is -0.878. The van der Waals surface area contributed by atoms with Gasteiger partial charge in [0.15, 0.2) is 9.84 Å². The fourth-order valence-corrected chi connectivity index (χ4v) is 3.24. The molecule has 1 atom stereocenters. The average molecular weight is 322 g/mol. The van der Waals surface area contributed by atoms with E-state index >= 15 is 0 Å². The first-order valence-electron chi connectivity index (χ1n) is 6.82. The molecule has 1 aromatic carbocycles. The number of carbonyl (C=O) groups is 1. The number of sulfone groups is 1. The number of hydrogen-bond donors (Lipinski definition) is 1. The van der Waals surface area contributed by atoms with Crippen molar-refractivity contribution >= 4 is 15.7 Å². The van der Waals surface area contributed by atoms with Crippen molar-refractivity contribution in [3.63, 3.8) is 0 Å². The van der Waals surface area contributed by atoms with E-state index in [1.807, 2.05) is 30.3 Å². The molecule has 1 heterocycles. The number of amides is 1. The van der Waals surface area contributed by atoms with E-state index in [0.717, 1.165) is 5.56 Å². The largest absolute Gasteiger partial charge is 0.361 e. The van der Waals surface area contributed by atoms with E-state index in [1.165, 1.54) is 0 Å². The van der Waals surface area contributed by atoms with E-state index in [4.69, 9.17) is 4.52 Å². The maximum Gasteiger partial charge on any atom is 0.235 e. The SMILES string of the molecule is Cc1cc(CS(=O)(=O)CC(=O)NC(C)c2ccccc2)no1. The standard InChI is InChI=1S/C15H18N2O4S/c1-11-8-14(17-21-11)9-22(19,20)10-15(18)16-12(2)13-6-4-3-5-7-13/h3-8,12H,9-10H2,1-2H3,(H,16,18). The van der Waals surface area contributed by atoms with Crippen LogP contribution in [-0.2, 0) is 20.4 Å². The highest BCUT2D eigenvalue weighted by atomic mass is 32.2. The van der Waals surface area contributed by atoms with Crippen LogP contribution in [0.15, 0.2) is 40.9 Å². The van der Waals surface area contributed by atoms with E-state index in [0.29, 0.717) is 11.5 Å². The molecule has 2 rings (SSSR count). The molecule has 118 valence electrons. The Balaban J connectivity index is 1.93. The summed E-state index contributed by atoms with van der Waals surface area (Å²) in [5, 5.41) is 6.31. The summed E-state index contributed by atoms with van der Waals surface area (Å²) in [6.07, 6.45) is 0. The zero-order valence-corrected chi connectivity index (χ0v) is 13.3. The fourth-order valence-electron chi connectivity index (χ4n) is 2.07. The van der Waals surface area contributed by atoms with Gasteiger partial charge in [-0.3, -0.25) is 4.79 Å². The van der Waals surface area contributed by atoms with Crippen LogP contribution in [0.2, 0.25) is 0 Å². The van der Waals surface area contributed by atoms with Crippen LogP contribution in [0, 0.1) is 6.92 Å². The van der Waals surface area contributed by atoms with Gasteiger partial charge in [0.2, 0.25) is 5.91 Å². The Morgan fingerprint density at radius 2 is 2.00 bits per heavy atom. The van der Waals surface area contributed by atoms with Crippen LogP contribution in [0.4, 0.5) is 0 Å². The number of benzene rings is 1. The first-order valence-corrected chi connectivity index (χ1v) is 8.65. The highest BCUT2D eigenvalue weighted by Crippen LogP contribution is 2.12. The maximum atomic E-state index is 12.0. The van der Waals surface area contributed by atoms with Crippen LogP contribution >= 0.6 is 0 Å². The van der Waals surface area contributed by atoms with Crippen molar-refractivity contribution < 1.29 is 17.7 Å². The Morgan fingerprint density at radius 1 is 1.32 bits per heavy atom. The van der Waals surface area contributed by atoms with Gasteiger partial charge in [0.25, 0.3) is 0 Å². The third kappa shape index (κ3) is 4.70. The van der Waals surface area contributed by atoms with Crippen molar-refractivity contribution in [1.29, 1.82) is 0 Å². The first-order chi connectivity index (χ1) is 10.4. The lowest BCUT2D eigenvalue weighted by Crippen LogP contribution is -2.32. The summed E-state index contributed by atoms with van der Waals surface area (Å²) in [6, 6.07) is 10.6. The number of carbonyl (C=O) groups excluding carboxylic acids is 1. The molecule has 1 unspecified atom stereocenters. The molecule has 2 aromatic rings. The third-order valence-corrected chi connectivity index (χ3v) is 4.51. The van der Waals surface area contributed by atoms with Crippen molar-refractivity contribution in [1.82, 2.24) is 10.5 Å². The van der Waals surface area contributed by atoms with Crippen molar-refractivity contribution in [3.05, 3.63) is 53.4 Å². The quantitative estimate of drug-likeness (QED) is 0.875. The lowest BCUT2D eigenvalue weighted by molar-refractivity contribution is -0.119. The monoisotopic (exact) mass is 322 g/mol. The van der Waals surface area contributed by atoms with E-state index in [2.05, 4.69) is 10.5 Å². The van der Waals surface area contributed by atoms with Gasteiger partial charge in [-0.05, 0) is 19.4 Å². The van der Waals surface area contributed by atoms with E-state index < -0.39 is 21.5 Å². The number of nitrogens with one attached hydrogen (secondary N) is 1. The highest BCUT2D eigenvalue weighted by molar-refractivity contribution is 7.91. The second-order valence-corrected chi connectivity index (χ2v) is 7.23. The second-order valence-electron chi connectivity index (χ2n) is 5.16. The molecule has 0 bridgehead atoms. The van der Waals surface area contributed by atoms with Crippen LogP contribution in [0.5, 0.6) is 0 Å². The molecule has 1 aromatic heterocycles. The summed E-state index contributed by atoms with van der Waals surface area (Å²) in [4.78, 5) is 11.9. The van der Waals surface area contributed by atoms with Crippen LogP contribution in [0.25, 0.3) is 0 Å². The van der Waals surface area contributed by atoms with Crippen molar-refractivity contribution in [2.24, 2.45) is 0 Å². The van der Waals surface area contributed by atoms with Gasteiger partial charge in [-0.2, -0.15) is 0 Å². The minimum Gasteiger partial charge on any atom is -0.361 e. The predicted molar refractivity (Wildman–Crippen MR) is 81.7 cm³/mol. The summed E-state index contributed by atoms with van der Waals surface area (Å²) >= 11 is 0. The highest BCUT2D eigenvalue weighted by Gasteiger charge is 2.20. The van der Waals surface area contributed by atoms with Crippen molar-refractivity contribution in [3.8, 4) is 0 Å². The minimum atomic E-state index is -3.58. The number of nitrogens with zero attached hydrogens (tertiary/aromatic N) is 1. The smallest absolute Gasteiger partial charge is 0.235 e. The van der Waals surface area contributed by atoms with Crippen LogP contribution in [0.1, 0.15) is 30.0 Å². The van der Waals surface area contributed by atoms with Gasteiger partial charge in [-0.15, -0.1) is 0 Å². The van der Waals surface area contributed by atoms with Gasteiger partial charge >= 0.3 is 0 Å². The van der Waals surface area contributed by atoms with Gasteiger partial charge in [0, 0.05) is 6.07 Å². The summed E-state index contributed by atoms with van der Waals surface area (Å²) in [5.41, 5.74) is 1.22. The molecule has 0 radical (unpaired) electrons. The second kappa shape index (κ2) is 6.74. The lowest BCUT2D eigenvalue weighted by atomic mass is 10.1. The Bertz CT molecular complexity index is 738. The number of rotatable bonds is 6. The van der Waals surface area contributed by atoms with Crippen LogP contribution < -0.4 is 5.32 Å². The topological polar surface area (TPSA) is 89.3 Å². The maximum absolute atomic E-state index is 12.0. The molecule has 0 fully saturated rings. The van der Waals surface area contributed by atoms with Crippen molar-refractivity contribution in [2.75, 3.05) is 5.75 Å². The molecule has 0 aliphatic carbocycles. The molecular weight excluding hydrogens is 304 g/mol. The Hall–Kier alpha value is -2.15. The zero-order chi connectivity index (χ0) is 16.2. The Kier molecular flexibility index (Phi) is 4.97. The molecule has 7 heteroatoms. The molecular formula is C15H18N2O4S. The predicted octanol–water partition coefficient (Wildman–Crippen LogP) is 1.78. The molecule has 6 nitrogen and oxygen atoms in total. The minimum absolute atomic E-state index is 0.252. The van der Waals surface area contributed by atoms with Gasteiger partial charge in [-0.25, -0.2) is 8.42 Å². The van der Waals surface area contributed by atoms with Gasteiger partial charge in [0.05, 0.1) is 17.5 Å². The van der Waals surface area contributed by atoms with Crippen molar-refractivity contribution in [2.45, 2.75) is 25.6 Å². The van der Waals surface area contributed by atoms with Crippen LogP contribution in [0.3, 0.4) is 0 Å². The zero-order valence-electron chi connectivity index (χ0n) is 12.4. The molecule has 0 spiro atoms. The molecule has 0 aliphatic rings. The Labute approximate surface area is 129 Å². The third-order valence-electron chi connectivity index (χ3n) is 3.07. The molecule has 0 saturated heterocycles. The summed E-state index contributed by atoms with van der Waals surface area (Å²) < 4.78 is 28.8. The lowest BCUT2D eigenvalue weighted by Gasteiger charge is -2.14. The van der Waals surface area contributed by atoms with E-state index in [-0.39, 0.29) is 11.8 Å². The molecule has 0 saturated carbocycles. The van der Waals surface area contributed by atoms with Crippen LogP contribution in [-0.4, -0.2) is 25.2 Å². The normalized spacial score (nSPS) is 12.8. The number of aromatic nitrogens is 1. The molecule has 1 amide bonds. The molecule has 1 N–H and O–H groups in total. The summed E-state index contributed by atoms with van der Waals surface area (Å²) in [6.45, 7) is 3.48. The van der Waals surface area contributed by atoms with E-state index in [9.17, 15) is 13.2 Å². The fraction of sp³-hybridized carbons (Fsp3) is 0.333. The average Bonchev–Trinajstić information content (AvgIpc) is 2.83. The first kappa shape index (κ1) is 16.2. The van der Waals surface area contributed by atoms with Gasteiger partial charge < -0.3 is 9.84 Å². The van der Waals surface area contributed by atoms with Gasteiger partial charge in [-0.1, -0.05) is 35.5 Å². The molecule has 22 heavy (non-hydrogen) atoms. The van der Waals surface area contributed by atoms with E-state index in [1.54, 1.807) is 19.9 Å². The number of aryl methyl sites for hydroxylation is 1. The number of hydrogen-bond acceptors (Lipinski definition) is 5.